The van der Waals surface area contributed by atoms with Crippen LogP contribution in [0.4, 0.5) is 4.79 Å². The molecule has 1 unspecified atom stereocenters. The molecule has 5 heteroatoms. The molecule has 180 valence electrons. The molecule has 0 saturated heterocycles. The molecule has 0 aliphatic rings. The van der Waals surface area contributed by atoms with E-state index in [9.17, 15) is 9.90 Å². The maximum Gasteiger partial charge on any atom is 0.508 e. The average Bonchev–Trinajstić information content (AvgIpc) is 2.71. The van der Waals surface area contributed by atoms with Crippen LogP contribution < -0.4 is 0 Å². The monoisotopic (exact) mass is 430 g/mol. The summed E-state index contributed by atoms with van der Waals surface area (Å²) in [6, 6.07) is 0. The van der Waals surface area contributed by atoms with E-state index in [1.807, 2.05) is 0 Å². The molecule has 0 saturated carbocycles. The highest BCUT2D eigenvalue weighted by atomic mass is 16.7. The SMILES string of the molecule is CCCCCCCCCCCCCCCCCCOCC(CO)OC(=O)OC(C)C. The normalized spacial score (nSPS) is 12.3. The van der Waals surface area contributed by atoms with Crippen molar-refractivity contribution in [2.24, 2.45) is 0 Å². The van der Waals surface area contributed by atoms with Crippen LogP contribution in [0.1, 0.15) is 124 Å². The van der Waals surface area contributed by atoms with Crippen LogP contribution in [0.15, 0.2) is 0 Å². The fraction of sp³-hybridized carbons (Fsp3) is 0.960. The van der Waals surface area contributed by atoms with Crippen LogP contribution in [0.5, 0.6) is 0 Å². The standard InChI is InChI=1S/C25H50O5/c1-4-5-6-7-8-9-10-11-12-13-14-15-16-17-18-19-20-28-22-24(21-26)30-25(27)29-23(2)3/h23-24,26H,4-22H2,1-3H3. The largest absolute Gasteiger partial charge is 0.508 e. The fourth-order valence-corrected chi connectivity index (χ4v) is 3.45. The summed E-state index contributed by atoms with van der Waals surface area (Å²) >= 11 is 0. The van der Waals surface area contributed by atoms with Crippen LogP contribution in [0.3, 0.4) is 0 Å². The van der Waals surface area contributed by atoms with Crippen molar-refractivity contribution in [3.05, 3.63) is 0 Å². The zero-order valence-corrected chi connectivity index (χ0v) is 20.2. The Hall–Kier alpha value is -0.810. The molecule has 0 aliphatic carbocycles. The summed E-state index contributed by atoms with van der Waals surface area (Å²) < 4.78 is 15.4. The first kappa shape index (κ1) is 29.2. The van der Waals surface area contributed by atoms with Gasteiger partial charge in [0.25, 0.3) is 0 Å². The Bertz CT molecular complexity index is 359. The number of rotatable bonds is 22. The lowest BCUT2D eigenvalue weighted by Crippen LogP contribution is -2.28. The van der Waals surface area contributed by atoms with E-state index in [0.717, 1.165) is 12.8 Å². The molecule has 5 nitrogen and oxygen atoms in total. The molecule has 0 fully saturated rings. The van der Waals surface area contributed by atoms with Gasteiger partial charge in [0.2, 0.25) is 0 Å². The van der Waals surface area contributed by atoms with E-state index in [-0.39, 0.29) is 19.3 Å². The van der Waals surface area contributed by atoms with Gasteiger partial charge in [0, 0.05) is 6.61 Å². The van der Waals surface area contributed by atoms with Crippen LogP contribution in [-0.4, -0.2) is 43.3 Å². The highest BCUT2D eigenvalue weighted by Gasteiger charge is 2.15. The Kier molecular flexibility index (Phi) is 22.2. The van der Waals surface area contributed by atoms with Gasteiger partial charge in [-0.25, -0.2) is 4.79 Å². The molecule has 0 amide bonds. The Morgan fingerprint density at radius 1 is 0.700 bits per heavy atom. The molecule has 1 atom stereocenters. The maximum absolute atomic E-state index is 11.4. The number of carbonyl (C=O) groups is 1. The Balaban J connectivity index is 3.28. The van der Waals surface area contributed by atoms with Gasteiger partial charge < -0.3 is 19.3 Å². The Labute approximate surface area is 186 Å². The Morgan fingerprint density at radius 2 is 1.13 bits per heavy atom. The minimum atomic E-state index is -0.755. The van der Waals surface area contributed by atoms with Gasteiger partial charge in [-0.2, -0.15) is 0 Å². The summed E-state index contributed by atoms with van der Waals surface area (Å²) in [7, 11) is 0. The lowest BCUT2D eigenvalue weighted by atomic mass is 10.0. The highest BCUT2D eigenvalue weighted by Crippen LogP contribution is 2.13. The zero-order valence-electron chi connectivity index (χ0n) is 20.2. The van der Waals surface area contributed by atoms with Gasteiger partial charge in [-0.1, -0.05) is 103 Å². The number of aliphatic hydroxyl groups is 1. The lowest BCUT2D eigenvalue weighted by molar-refractivity contribution is -0.0439. The average molecular weight is 431 g/mol. The van der Waals surface area contributed by atoms with Gasteiger partial charge in [0.05, 0.1) is 19.3 Å². The first-order chi connectivity index (χ1) is 14.6. The second kappa shape index (κ2) is 22.9. The molecule has 0 radical (unpaired) electrons. The molecule has 0 aromatic carbocycles. The van der Waals surface area contributed by atoms with Crippen LogP contribution in [0.2, 0.25) is 0 Å². The maximum atomic E-state index is 11.4. The molecule has 1 N–H and O–H groups in total. The number of hydrogen-bond donors (Lipinski definition) is 1. The summed E-state index contributed by atoms with van der Waals surface area (Å²) in [5.41, 5.74) is 0. The highest BCUT2D eigenvalue weighted by molar-refractivity contribution is 5.60. The first-order valence-corrected chi connectivity index (χ1v) is 12.7. The third-order valence-corrected chi connectivity index (χ3v) is 5.24. The fourth-order valence-electron chi connectivity index (χ4n) is 3.45. The molecular weight excluding hydrogens is 380 g/mol. The number of carbonyl (C=O) groups excluding carboxylic acids is 1. The van der Waals surface area contributed by atoms with Gasteiger partial charge >= 0.3 is 6.16 Å². The molecule has 0 spiro atoms. The third-order valence-electron chi connectivity index (χ3n) is 5.24. The van der Waals surface area contributed by atoms with Crippen molar-refractivity contribution in [1.82, 2.24) is 0 Å². The van der Waals surface area contributed by atoms with E-state index < -0.39 is 12.3 Å². The summed E-state index contributed by atoms with van der Waals surface area (Å²) in [6.07, 6.45) is 19.9. The smallest absolute Gasteiger partial charge is 0.432 e. The predicted octanol–water partition coefficient (Wildman–Crippen LogP) is 7.19. The third kappa shape index (κ3) is 21.9. The minimum Gasteiger partial charge on any atom is -0.432 e. The second-order valence-electron chi connectivity index (χ2n) is 8.72. The van der Waals surface area contributed by atoms with Gasteiger partial charge in [0.1, 0.15) is 0 Å². The lowest BCUT2D eigenvalue weighted by Gasteiger charge is -2.16. The molecule has 0 bridgehead atoms. The van der Waals surface area contributed by atoms with Gasteiger partial charge in [-0.15, -0.1) is 0 Å². The van der Waals surface area contributed by atoms with E-state index in [2.05, 4.69) is 6.92 Å². The summed E-state index contributed by atoms with van der Waals surface area (Å²) in [5, 5.41) is 9.24. The van der Waals surface area contributed by atoms with E-state index in [0.29, 0.717) is 6.61 Å². The van der Waals surface area contributed by atoms with Gasteiger partial charge in [0.15, 0.2) is 6.10 Å². The van der Waals surface area contributed by atoms with Gasteiger partial charge in [-0.05, 0) is 20.3 Å². The zero-order chi connectivity index (χ0) is 22.3. The first-order valence-electron chi connectivity index (χ1n) is 12.7. The van der Waals surface area contributed by atoms with E-state index in [1.165, 1.54) is 89.9 Å². The van der Waals surface area contributed by atoms with Crippen molar-refractivity contribution in [3.8, 4) is 0 Å². The molecule has 0 heterocycles. The van der Waals surface area contributed by atoms with Crippen molar-refractivity contribution in [2.45, 2.75) is 136 Å². The number of ether oxygens (including phenoxy) is 3. The number of unbranched alkanes of at least 4 members (excludes halogenated alkanes) is 15. The van der Waals surface area contributed by atoms with Crippen LogP contribution in [-0.2, 0) is 14.2 Å². The van der Waals surface area contributed by atoms with Crippen molar-refractivity contribution < 1.29 is 24.1 Å². The van der Waals surface area contributed by atoms with Crippen molar-refractivity contribution in [3.63, 3.8) is 0 Å². The Morgan fingerprint density at radius 3 is 1.53 bits per heavy atom. The second-order valence-corrected chi connectivity index (χ2v) is 8.72. The summed E-state index contributed by atoms with van der Waals surface area (Å²) in [4.78, 5) is 11.4. The van der Waals surface area contributed by atoms with E-state index in [1.54, 1.807) is 13.8 Å². The van der Waals surface area contributed by atoms with Gasteiger partial charge in [-0.3, -0.25) is 0 Å². The molecular formula is C25H50O5. The van der Waals surface area contributed by atoms with Crippen LogP contribution in [0, 0.1) is 0 Å². The predicted molar refractivity (Wildman–Crippen MR) is 124 cm³/mol. The van der Waals surface area contributed by atoms with Crippen molar-refractivity contribution >= 4 is 6.16 Å². The van der Waals surface area contributed by atoms with Crippen molar-refractivity contribution in [2.75, 3.05) is 19.8 Å². The summed E-state index contributed by atoms with van der Waals surface area (Å²) in [6.45, 7) is 6.37. The topological polar surface area (TPSA) is 65.0 Å². The molecule has 0 aromatic rings. The van der Waals surface area contributed by atoms with Crippen LogP contribution >= 0.6 is 0 Å². The van der Waals surface area contributed by atoms with Crippen LogP contribution in [0.25, 0.3) is 0 Å². The molecule has 0 rings (SSSR count). The molecule has 30 heavy (non-hydrogen) atoms. The molecule has 0 aliphatic heterocycles. The number of hydrogen-bond acceptors (Lipinski definition) is 5. The van der Waals surface area contributed by atoms with E-state index >= 15 is 0 Å². The molecule has 0 aromatic heterocycles. The van der Waals surface area contributed by atoms with E-state index in [4.69, 9.17) is 14.2 Å². The summed E-state index contributed by atoms with van der Waals surface area (Å²) in [5.74, 6) is 0. The minimum absolute atomic E-state index is 0.211. The number of aliphatic hydroxyl groups excluding tert-OH is 1. The quantitative estimate of drug-likeness (QED) is 0.145. The van der Waals surface area contributed by atoms with Crippen molar-refractivity contribution in [1.29, 1.82) is 0 Å².